The van der Waals surface area contributed by atoms with E-state index in [-0.39, 0.29) is 23.8 Å². The van der Waals surface area contributed by atoms with Crippen LogP contribution < -0.4 is 5.32 Å². The molecule has 1 amide bonds. The second-order valence-corrected chi connectivity index (χ2v) is 4.95. The van der Waals surface area contributed by atoms with Crippen molar-refractivity contribution in [2.24, 2.45) is 5.92 Å². The normalized spacial score (nSPS) is 18.5. The van der Waals surface area contributed by atoms with E-state index in [1.54, 1.807) is 0 Å². The molecule has 2 N–H and O–H groups in total. The van der Waals surface area contributed by atoms with Crippen LogP contribution in [0.15, 0.2) is 30.3 Å². The second kappa shape index (κ2) is 4.88. The Balaban J connectivity index is 2.00. The van der Waals surface area contributed by atoms with Gasteiger partial charge in [-0.15, -0.1) is 0 Å². The van der Waals surface area contributed by atoms with Crippen LogP contribution >= 0.6 is 0 Å². The smallest absolute Gasteiger partial charge is 0.230 e. The van der Waals surface area contributed by atoms with Crippen LogP contribution in [-0.2, 0) is 10.2 Å². The molecule has 1 aliphatic rings. The van der Waals surface area contributed by atoms with Gasteiger partial charge >= 0.3 is 0 Å². The minimum atomic E-state index is -0.295. The first kappa shape index (κ1) is 12.1. The standard InChI is InChI=1S/C14H19NO2/c1-11(10-16)9-15-13(17)14(7-8-14)12-5-3-2-4-6-12/h2-6,11,16H,7-10H2,1H3,(H,15,17). The molecule has 3 heteroatoms. The SMILES string of the molecule is CC(CO)CNC(=O)C1(c2ccccc2)CC1. The second-order valence-electron chi connectivity index (χ2n) is 4.95. The van der Waals surface area contributed by atoms with Crippen LogP contribution in [0.3, 0.4) is 0 Å². The Hall–Kier alpha value is -1.35. The molecule has 0 bridgehead atoms. The number of hydrogen-bond donors (Lipinski definition) is 2. The summed E-state index contributed by atoms with van der Waals surface area (Å²) in [5.41, 5.74) is 0.810. The maximum atomic E-state index is 12.2. The van der Waals surface area contributed by atoms with Gasteiger partial charge in [-0.3, -0.25) is 4.79 Å². The summed E-state index contributed by atoms with van der Waals surface area (Å²) in [6.45, 7) is 2.57. The Morgan fingerprint density at radius 2 is 2.06 bits per heavy atom. The molecule has 0 aliphatic heterocycles. The molecule has 1 unspecified atom stereocenters. The van der Waals surface area contributed by atoms with Gasteiger partial charge in [0.2, 0.25) is 5.91 Å². The van der Waals surface area contributed by atoms with Crippen molar-refractivity contribution in [1.29, 1.82) is 0 Å². The lowest BCUT2D eigenvalue weighted by Crippen LogP contribution is -2.37. The summed E-state index contributed by atoms with van der Waals surface area (Å²) in [5.74, 6) is 0.217. The molecule has 92 valence electrons. The molecular formula is C14H19NO2. The number of aliphatic hydroxyl groups excluding tert-OH is 1. The highest BCUT2D eigenvalue weighted by Crippen LogP contribution is 2.48. The van der Waals surface area contributed by atoms with Gasteiger partial charge in [0.1, 0.15) is 0 Å². The van der Waals surface area contributed by atoms with Gasteiger partial charge in [-0.05, 0) is 24.3 Å². The van der Waals surface area contributed by atoms with E-state index in [2.05, 4.69) is 5.32 Å². The van der Waals surface area contributed by atoms with E-state index < -0.39 is 0 Å². The van der Waals surface area contributed by atoms with E-state index in [1.165, 1.54) is 0 Å². The minimum absolute atomic E-state index is 0.101. The van der Waals surface area contributed by atoms with E-state index in [4.69, 9.17) is 5.11 Å². The molecule has 0 saturated heterocycles. The molecule has 0 radical (unpaired) electrons. The highest BCUT2D eigenvalue weighted by Gasteiger charge is 2.50. The lowest BCUT2D eigenvalue weighted by molar-refractivity contribution is -0.123. The number of hydrogen-bond acceptors (Lipinski definition) is 2. The number of carbonyl (C=O) groups excluding carboxylic acids is 1. The van der Waals surface area contributed by atoms with E-state index in [0.717, 1.165) is 18.4 Å². The van der Waals surface area contributed by atoms with Crippen molar-refractivity contribution in [2.75, 3.05) is 13.2 Å². The van der Waals surface area contributed by atoms with Crippen molar-refractivity contribution in [2.45, 2.75) is 25.2 Å². The number of aliphatic hydroxyl groups is 1. The molecule has 1 saturated carbocycles. The summed E-state index contributed by atoms with van der Waals surface area (Å²) in [6, 6.07) is 9.94. The Bertz CT molecular complexity index is 384. The molecule has 0 aromatic heterocycles. The summed E-state index contributed by atoms with van der Waals surface area (Å²) in [6.07, 6.45) is 1.85. The summed E-state index contributed by atoms with van der Waals surface area (Å²) in [4.78, 5) is 12.2. The van der Waals surface area contributed by atoms with Gasteiger partial charge < -0.3 is 10.4 Å². The van der Waals surface area contributed by atoms with Crippen LogP contribution in [0.1, 0.15) is 25.3 Å². The van der Waals surface area contributed by atoms with Gasteiger partial charge in [0, 0.05) is 13.2 Å². The van der Waals surface area contributed by atoms with Crippen molar-refractivity contribution >= 4 is 5.91 Å². The predicted molar refractivity (Wildman–Crippen MR) is 66.6 cm³/mol. The maximum Gasteiger partial charge on any atom is 0.230 e. The molecule has 3 nitrogen and oxygen atoms in total. The quantitative estimate of drug-likeness (QED) is 0.809. The molecule has 0 spiro atoms. The van der Waals surface area contributed by atoms with E-state index in [1.807, 2.05) is 37.3 Å². The van der Waals surface area contributed by atoms with Crippen molar-refractivity contribution in [3.05, 3.63) is 35.9 Å². The van der Waals surface area contributed by atoms with Crippen molar-refractivity contribution < 1.29 is 9.90 Å². The first-order valence-corrected chi connectivity index (χ1v) is 6.14. The molecule has 1 aromatic rings. The monoisotopic (exact) mass is 233 g/mol. The Morgan fingerprint density at radius 3 is 2.59 bits per heavy atom. The molecule has 17 heavy (non-hydrogen) atoms. The Kier molecular flexibility index (Phi) is 3.48. The van der Waals surface area contributed by atoms with E-state index in [9.17, 15) is 4.79 Å². The molecule has 2 rings (SSSR count). The third-order valence-electron chi connectivity index (χ3n) is 3.43. The first-order chi connectivity index (χ1) is 8.19. The number of amides is 1. The average molecular weight is 233 g/mol. The lowest BCUT2D eigenvalue weighted by Gasteiger charge is -2.17. The summed E-state index contributed by atoms with van der Waals surface area (Å²) in [5, 5.41) is 11.9. The van der Waals surface area contributed by atoms with Gasteiger partial charge in [0.25, 0.3) is 0 Å². The molecule has 1 atom stereocenters. The zero-order valence-electron chi connectivity index (χ0n) is 10.1. The summed E-state index contributed by atoms with van der Waals surface area (Å²) >= 11 is 0. The minimum Gasteiger partial charge on any atom is -0.396 e. The molecule has 1 aromatic carbocycles. The first-order valence-electron chi connectivity index (χ1n) is 6.14. The summed E-state index contributed by atoms with van der Waals surface area (Å²) in [7, 11) is 0. The van der Waals surface area contributed by atoms with Crippen LogP contribution in [-0.4, -0.2) is 24.2 Å². The highest BCUT2D eigenvalue weighted by molar-refractivity contribution is 5.91. The zero-order valence-corrected chi connectivity index (χ0v) is 10.1. The van der Waals surface area contributed by atoms with Gasteiger partial charge in [-0.1, -0.05) is 37.3 Å². The maximum absolute atomic E-state index is 12.2. The lowest BCUT2D eigenvalue weighted by atomic mass is 9.95. The van der Waals surface area contributed by atoms with Crippen LogP contribution in [0.2, 0.25) is 0 Å². The zero-order chi connectivity index (χ0) is 12.3. The highest BCUT2D eigenvalue weighted by atomic mass is 16.3. The van der Waals surface area contributed by atoms with Crippen molar-refractivity contribution in [3.8, 4) is 0 Å². The van der Waals surface area contributed by atoms with Crippen molar-refractivity contribution in [1.82, 2.24) is 5.32 Å². The topological polar surface area (TPSA) is 49.3 Å². The largest absolute Gasteiger partial charge is 0.396 e. The van der Waals surface area contributed by atoms with E-state index >= 15 is 0 Å². The van der Waals surface area contributed by atoms with Gasteiger partial charge in [-0.25, -0.2) is 0 Å². The van der Waals surface area contributed by atoms with Crippen LogP contribution in [0.4, 0.5) is 0 Å². The number of nitrogens with one attached hydrogen (secondary N) is 1. The van der Waals surface area contributed by atoms with Crippen LogP contribution in [0, 0.1) is 5.92 Å². The predicted octanol–water partition coefficient (Wildman–Crippen LogP) is 1.46. The number of carbonyl (C=O) groups is 1. The third kappa shape index (κ3) is 2.50. The third-order valence-corrected chi connectivity index (χ3v) is 3.43. The van der Waals surface area contributed by atoms with Gasteiger partial charge in [0.05, 0.1) is 5.41 Å². The fourth-order valence-corrected chi connectivity index (χ4v) is 2.03. The number of benzene rings is 1. The molecule has 1 fully saturated rings. The Morgan fingerprint density at radius 1 is 1.41 bits per heavy atom. The summed E-state index contributed by atoms with van der Waals surface area (Å²) < 4.78 is 0. The van der Waals surface area contributed by atoms with Crippen LogP contribution in [0.25, 0.3) is 0 Å². The van der Waals surface area contributed by atoms with Gasteiger partial charge in [-0.2, -0.15) is 0 Å². The van der Waals surface area contributed by atoms with Gasteiger partial charge in [0.15, 0.2) is 0 Å². The average Bonchev–Trinajstić information content (AvgIpc) is 3.18. The molecular weight excluding hydrogens is 214 g/mol. The van der Waals surface area contributed by atoms with E-state index in [0.29, 0.717) is 6.54 Å². The fourth-order valence-electron chi connectivity index (χ4n) is 2.03. The van der Waals surface area contributed by atoms with Crippen LogP contribution in [0.5, 0.6) is 0 Å². The molecule has 1 aliphatic carbocycles. The molecule has 0 heterocycles. The fraction of sp³-hybridized carbons (Fsp3) is 0.500. The van der Waals surface area contributed by atoms with Crippen molar-refractivity contribution in [3.63, 3.8) is 0 Å². The number of rotatable bonds is 5. The Labute approximate surface area is 102 Å².